The number of rotatable bonds is 7. The molecule has 0 aliphatic heterocycles. The van der Waals surface area contributed by atoms with E-state index in [1.54, 1.807) is 0 Å². The first-order valence-electron chi connectivity index (χ1n) is 15.3. The SMILES string of the molecule is O=C(NCc1cn(-c2ccccc2)nc1-c1ccccc1)c1cn(-c2ccccc2)nc1C12CC3CC(CC(C3)C1)C2. The number of carbonyl (C=O) groups is 1. The Balaban J connectivity index is 1.14. The molecule has 0 saturated heterocycles. The molecule has 1 N–H and O–H groups in total. The number of amides is 1. The number of hydrogen-bond acceptors (Lipinski definition) is 3. The lowest BCUT2D eigenvalue weighted by atomic mass is 9.48. The number of nitrogens with one attached hydrogen (secondary N) is 1. The lowest BCUT2D eigenvalue weighted by Crippen LogP contribution is -2.49. The van der Waals surface area contributed by atoms with E-state index in [0.717, 1.165) is 76.5 Å². The normalized spacial score (nSPS) is 24.1. The standard InChI is InChI=1S/C36H35N5O/c42-35(37-22-29-23-40(30-12-6-2-7-13-30)38-33(29)28-10-4-1-5-11-28)32-24-41(31-14-8-3-9-15-31)39-34(32)36-19-25-16-26(20-36)18-27(17-25)21-36/h1-15,23-27H,16-22H2,(H,37,42). The van der Waals surface area contributed by atoms with Crippen molar-refractivity contribution in [1.82, 2.24) is 24.9 Å². The summed E-state index contributed by atoms with van der Waals surface area (Å²) in [5, 5.41) is 13.4. The molecule has 4 aliphatic carbocycles. The van der Waals surface area contributed by atoms with Gasteiger partial charge in [0.15, 0.2) is 0 Å². The van der Waals surface area contributed by atoms with Gasteiger partial charge in [-0.05, 0) is 80.5 Å². The first kappa shape index (κ1) is 25.3. The number of carbonyl (C=O) groups excluding carboxylic acids is 1. The third kappa shape index (κ3) is 4.46. The molecule has 4 saturated carbocycles. The van der Waals surface area contributed by atoms with Gasteiger partial charge in [0.05, 0.1) is 28.3 Å². The Bertz CT molecular complexity index is 1690. The Morgan fingerprint density at radius 3 is 1.81 bits per heavy atom. The Hall–Kier alpha value is -4.45. The van der Waals surface area contributed by atoms with Crippen molar-refractivity contribution in [3.63, 3.8) is 0 Å². The molecule has 210 valence electrons. The van der Waals surface area contributed by atoms with Crippen molar-refractivity contribution >= 4 is 5.91 Å². The van der Waals surface area contributed by atoms with Crippen LogP contribution < -0.4 is 5.32 Å². The first-order chi connectivity index (χ1) is 20.6. The second-order valence-corrected chi connectivity index (χ2v) is 12.7. The van der Waals surface area contributed by atoms with Crippen LogP contribution in [0.15, 0.2) is 103 Å². The number of hydrogen-bond donors (Lipinski definition) is 1. The van der Waals surface area contributed by atoms with Gasteiger partial charge in [0.25, 0.3) is 5.91 Å². The molecule has 4 bridgehead atoms. The van der Waals surface area contributed by atoms with Crippen molar-refractivity contribution in [1.29, 1.82) is 0 Å². The van der Waals surface area contributed by atoms with Crippen molar-refractivity contribution in [2.75, 3.05) is 0 Å². The molecule has 0 unspecified atom stereocenters. The molecule has 42 heavy (non-hydrogen) atoms. The molecule has 0 radical (unpaired) electrons. The van der Waals surface area contributed by atoms with Gasteiger partial charge in [0.2, 0.25) is 0 Å². The van der Waals surface area contributed by atoms with Crippen molar-refractivity contribution in [3.8, 4) is 22.6 Å². The highest BCUT2D eigenvalue weighted by Gasteiger charge is 2.53. The van der Waals surface area contributed by atoms with Gasteiger partial charge < -0.3 is 5.32 Å². The van der Waals surface area contributed by atoms with Gasteiger partial charge in [0.1, 0.15) is 0 Å². The minimum Gasteiger partial charge on any atom is -0.348 e. The zero-order valence-electron chi connectivity index (χ0n) is 23.7. The van der Waals surface area contributed by atoms with Crippen LogP contribution in [0.25, 0.3) is 22.6 Å². The van der Waals surface area contributed by atoms with Crippen LogP contribution in [0.4, 0.5) is 0 Å². The highest BCUT2D eigenvalue weighted by atomic mass is 16.1. The number of aromatic nitrogens is 4. The van der Waals surface area contributed by atoms with Gasteiger partial charge in [-0.15, -0.1) is 0 Å². The smallest absolute Gasteiger partial charge is 0.255 e. The molecule has 5 aromatic rings. The van der Waals surface area contributed by atoms with E-state index in [2.05, 4.69) is 29.6 Å². The van der Waals surface area contributed by atoms with Gasteiger partial charge in [-0.25, -0.2) is 9.36 Å². The zero-order chi connectivity index (χ0) is 28.1. The third-order valence-corrected chi connectivity index (χ3v) is 9.82. The Morgan fingerprint density at radius 1 is 0.714 bits per heavy atom. The van der Waals surface area contributed by atoms with Crippen LogP contribution in [0.3, 0.4) is 0 Å². The van der Waals surface area contributed by atoms with Crippen LogP contribution in [0.5, 0.6) is 0 Å². The Labute approximate surface area is 246 Å². The fourth-order valence-electron chi connectivity index (χ4n) is 8.41. The molecule has 3 aromatic carbocycles. The topological polar surface area (TPSA) is 64.7 Å². The summed E-state index contributed by atoms with van der Waals surface area (Å²) < 4.78 is 3.82. The Morgan fingerprint density at radius 2 is 1.24 bits per heavy atom. The second kappa shape index (κ2) is 10.1. The third-order valence-electron chi connectivity index (χ3n) is 9.82. The largest absolute Gasteiger partial charge is 0.348 e. The molecule has 4 fully saturated rings. The summed E-state index contributed by atoms with van der Waals surface area (Å²) in [5.41, 5.74) is 6.59. The summed E-state index contributed by atoms with van der Waals surface area (Å²) in [6, 6.07) is 30.5. The van der Waals surface area contributed by atoms with Crippen LogP contribution in [-0.2, 0) is 12.0 Å². The van der Waals surface area contributed by atoms with Crippen LogP contribution >= 0.6 is 0 Å². The van der Waals surface area contributed by atoms with Crippen molar-refractivity contribution < 1.29 is 4.79 Å². The zero-order valence-corrected chi connectivity index (χ0v) is 23.7. The molecule has 2 aromatic heterocycles. The summed E-state index contributed by atoms with van der Waals surface area (Å²) in [4.78, 5) is 14.1. The molecular formula is C36H35N5O. The minimum absolute atomic E-state index is 0.00878. The number of nitrogens with zero attached hydrogens (tertiary/aromatic N) is 4. The Kier molecular flexibility index (Phi) is 6.09. The van der Waals surface area contributed by atoms with E-state index < -0.39 is 0 Å². The van der Waals surface area contributed by atoms with E-state index in [1.807, 2.05) is 88.5 Å². The lowest BCUT2D eigenvalue weighted by Gasteiger charge is -2.56. The first-order valence-corrected chi connectivity index (χ1v) is 15.3. The molecule has 0 atom stereocenters. The van der Waals surface area contributed by atoms with E-state index in [-0.39, 0.29) is 11.3 Å². The summed E-state index contributed by atoms with van der Waals surface area (Å²) in [5.74, 6) is 2.25. The van der Waals surface area contributed by atoms with E-state index in [4.69, 9.17) is 10.2 Å². The van der Waals surface area contributed by atoms with E-state index in [9.17, 15) is 4.79 Å². The predicted octanol–water partition coefficient (Wildman–Crippen LogP) is 7.12. The quantitative estimate of drug-likeness (QED) is 0.233. The van der Waals surface area contributed by atoms with Gasteiger partial charge in [-0.1, -0.05) is 66.7 Å². The van der Waals surface area contributed by atoms with Crippen LogP contribution in [0, 0.1) is 17.8 Å². The maximum Gasteiger partial charge on any atom is 0.255 e. The predicted molar refractivity (Wildman–Crippen MR) is 164 cm³/mol. The van der Waals surface area contributed by atoms with Crippen LogP contribution in [0.2, 0.25) is 0 Å². The van der Waals surface area contributed by atoms with Crippen molar-refractivity contribution in [3.05, 3.63) is 120 Å². The fourth-order valence-corrected chi connectivity index (χ4v) is 8.41. The minimum atomic E-state index is -0.0607. The summed E-state index contributed by atoms with van der Waals surface area (Å²) in [6.07, 6.45) is 11.5. The van der Waals surface area contributed by atoms with E-state index in [0.29, 0.717) is 6.54 Å². The van der Waals surface area contributed by atoms with Crippen LogP contribution in [0.1, 0.15) is 60.1 Å². The highest BCUT2D eigenvalue weighted by Crippen LogP contribution is 2.60. The number of benzene rings is 3. The molecular weight excluding hydrogens is 518 g/mol. The highest BCUT2D eigenvalue weighted by molar-refractivity contribution is 5.95. The molecule has 6 nitrogen and oxygen atoms in total. The van der Waals surface area contributed by atoms with Gasteiger partial charge in [-0.3, -0.25) is 4.79 Å². The number of para-hydroxylation sites is 2. The molecule has 6 heteroatoms. The maximum atomic E-state index is 14.1. The van der Waals surface area contributed by atoms with E-state index >= 15 is 0 Å². The monoisotopic (exact) mass is 553 g/mol. The maximum absolute atomic E-state index is 14.1. The molecule has 1 amide bonds. The molecule has 0 spiro atoms. The lowest BCUT2D eigenvalue weighted by molar-refractivity contribution is -0.00770. The average molecular weight is 554 g/mol. The van der Waals surface area contributed by atoms with Gasteiger partial charge >= 0.3 is 0 Å². The fraction of sp³-hybridized carbons (Fsp3) is 0.306. The van der Waals surface area contributed by atoms with Crippen LogP contribution in [-0.4, -0.2) is 25.5 Å². The summed E-state index contributed by atoms with van der Waals surface area (Å²) in [7, 11) is 0. The van der Waals surface area contributed by atoms with Gasteiger partial charge in [0, 0.05) is 35.5 Å². The van der Waals surface area contributed by atoms with E-state index in [1.165, 1.54) is 19.3 Å². The molecule has 2 heterocycles. The average Bonchev–Trinajstić information content (AvgIpc) is 3.67. The summed E-state index contributed by atoms with van der Waals surface area (Å²) in [6.45, 7) is 0.382. The molecule has 9 rings (SSSR count). The van der Waals surface area contributed by atoms with Crippen molar-refractivity contribution in [2.45, 2.75) is 50.5 Å². The summed E-state index contributed by atoms with van der Waals surface area (Å²) >= 11 is 0. The van der Waals surface area contributed by atoms with Crippen molar-refractivity contribution in [2.24, 2.45) is 17.8 Å². The molecule has 4 aliphatic rings. The second-order valence-electron chi connectivity index (χ2n) is 12.7. The van der Waals surface area contributed by atoms with Gasteiger partial charge in [-0.2, -0.15) is 10.2 Å².